The van der Waals surface area contributed by atoms with Gasteiger partial charge in [-0.1, -0.05) is 28.1 Å². The molecule has 0 atom stereocenters. The number of hydrogen-bond acceptors (Lipinski definition) is 1. The lowest BCUT2D eigenvalue weighted by atomic mass is 9.12. The second kappa shape index (κ2) is 17.9. The second-order valence-corrected chi connectivity index (χ2v) is 14.8. The van der Waals surface area contributed by atoms with Gasteiger partial charge in [0.15, 0.2) is 80.5 Å². The van der Waals surface area contributed by atoms with Crippen LogP contribution in [0.2, 0.25) is 0 Å². The number of rotatable bonds is 9. The van der Waals surface area contributed by atoms with Crippen LogP contribution in [0.5, 0.6) is 5.75 Å². The molecule has 0 fully saturated rings. The van der Waals surface area contributed by atoms with E-state index in [4.69, 9.17) is 4.74 Å². The molecule has 0 saturated carbocycles. The summed E-state index contributed by atoms with van der Waals surface area (Å²) in [5, 5.41) is 0.999. The first-order chi connectivity index (χ1) is 27.5. The number of alkyl halides is 1. The summed E-state index contributed by atoms with van der Waals surface area (Å²) in [7, 11) is 0.267. The van der Waals surface area contributed by atoms with E-state index in [0.717, 1.165) is 24.1 Å². The minimum atomic E-state index is -7.22. The van der Waals surface area contributed by atoms with Gasteiger partial charge < -0.3 is 4.74 Å². The number of hydrogen-bond donors (Lipinski definition) is 0. The van der Waals surface area contributed by atoms with Crippen LogP contribution in [-0.4, -0.2) is 30.6 Å². The molecule has 1 nitrogen and oxygen atoms in total. The highest BCUT2D eigenvalue weighted by molar-refractivity contribution is 9.09. The molecule has 0 N–H and O–H groups in total. The Bertz CT molecular complexity index is 2080. The van der Waals surface area contributed by atoms with Crippen LogP contribution in [0.4, 0.5) is 87.8 Å². The number of ether oxygens (including phenoxy) is 1. The van der Waals surface area contributed by atoms with Crippen molar-refractivity contribution in [2.24, 2.45) is 0 Å². The average molecular weight is 955 g/mol. The van der Waals surface area contributed by atoms with Crippen LogP contribution in [0.15, 0.2) is 29.2 Å². The first-order valence-corrected chi connectivity index (χ1v) is 18.7. The fourth-order valence-corrected chi connectivity index (χ4v) is 7.13. The van der Waals surface area contributed by atoms with Gasteiger partial charge in [0.2, 0.25) is 0 Å². The van der Waals surface area contributed by atoms with Crippen molar-refractivity contribution in [2.75, 3.05) is 24.4 Å². The van der Waals surface area contributed by atoms with Crippen LogP contribution in [0.25, 0.3) is 0 Å². The molecule has 0 aromatic heterocycles. The van der Waals surface area contributed by atoms with E-state index in [0.29, 0.717) is 0 Å². The van der Waals surface area contributed by atoms with Crippen molar-refractivity contribution >= 4 is 54.8 Å². The number of halogens is 21. The lowest BCUT2D eigenvalue weighted by molar-refractivity contribution is 0.311. The monoisotopic (exact) mass is 954 g/mol. The first kappa shape index (κ1) is 47.1. The van der Waals surface area contributed by atoms with Gasteiger partial charge in [-0.3, -0.25) is 0 Å². The van der Waals surface area contributed by atoms with Gasteiger partial charge in [-0.05, 0) is 18.6 Å². The molecule has 0 aliphatic rings. The summed E-state index contributed by atoms with van der Waals surface area (Å²) in [5.41, 5.74) is -14.3. The molecule has 5 aromatic rings. The highest BCUT2D eigenvalue weighted by Crippen LogP contribution is 2.31. The molecule has 0 saturated heterocycles. The van der Waals surface area contributed by atoms with Gasteiger partial charge in [0, 0.05) is 16.2 Å². The quantitative estimate of drug-likeness (QED) is 0.0273. The van der Waals surface area contributed by atoms with Crippen LogP contribution in [0, 0.1) is 116 Å². The summed E-state index contributed by atoms with van der Waals surface area (Å²) in [6, 6.07) is 8.29. The maximum Gasteiger partial charge on any atom is 0.200 e. The molecule has 0 heterocycles. The van der Waals surface area contributed by atoms with Gasteiger partial charge in [0.05, 0.1) is 6.61 Å². The molecule has 0 spiro atoms. The van der Waals surface area contributed by atoms with Gasteiger partial charge in [-0.15, -0.1) is 21.9 Å². The molecule has 59 heavy (non-hydrogen) atoms. The fourth-order valence-electron chi connectivity index (χ4n) is 6.02. The predicted octanol–water partition coefficient (Wildman–Crippen LogP) is 8.93. The Morgan fingerprint density at radius 3 is 0.881 bits per heavy atom. The largest absolute Gasteiger partial charge is 0.488 e. The Morgan fingerprint density at radius 1 is 0.407 bits per heavy atom. The van der Waals surface area contributed by atoms with Crippen LogP contribution >= 0.6 is 15.9 Å². The molecule has 5 rings (SSSR count). The van der Waals surface area contributed by atoms with Gasteiger partial charge >= 0.3 is 0 Å². The topological polar surface area (TPSA) is 9.23 Å². The molecule has 318 valence electrons. The van der Waals surface area contributed by atoms with Crippen LogP contribution in [0.1, 0.15) is 6.42 Å². The summed E-state index contributed by atoms with van der Waals surface area (Å²) >= 11 is 3.39. The van der Waals surface area contributed by atoms with Gasteiger partial charge in [-0.2, -0.15) is 0 Å². The molecule has 0 unspecified atom stereocenters. The van der Waals surface area contributed by atoms with E-state index in [1.807, 2.05) is 6.07 Å². The Balaban J connectivity index is 0.000000464. The summed E-state index contributed by atoms with van der Waals surface area (Å²) in [6.45, 7) is 0.791. The highest BCUT2D eigenvalue weighted by Gasteiger charge is 2.52. The molecule has 0 radical (unpaired) electrons. The van der Waals surface area contributed by atoms with E-state index in [-0.39, 0.29) is 10.9 Å². The average Bonchev–Trinajstić information content (AvgIpc) is 3.21. The van der Waals surface area contributed by atoms with Crippen molar-refractivity contribution < 1.29 is 92.5 Å². The third kappa shape index (κ3) is 7.69. The molecular formula is C35H16BBrF20OS. The molecular weight excluding hydrogens is 939 g/mol. The number of para-hydroxylation sites is 1. The zero-order valence-corrected chi connectivity index (χ0v) is 31.2. The minimum absolute atomic E-state index is 0.267. The van der Waals surface area contributed by atoms with Crippen molar-refractivity contribution in [1.82, 2.24) is 0 Å². The summed E-state index contributed by atoms with van der Waals surface area (Å²) in [5.74, 6) is -70.4. The lowest BCUT2D eigenvalue weighted by Crippen LogP contribution is -2.81. The molecule has 0 bridgehead atoms. The zero-order chi connectivity index (χ0) is 44.7. The van der Waals surface area contributed by atoms with Crippen molar-refractivity contribution in [3.05, 3.63) is 141 Å². The van der Waals surface area contributed by atoms with Crippen molar-refractivity contribution in [3.8, 4) is 5.75 Å². The second-order valence-electron chi connectivity index (χ2n) is 12.0. The van der Waals surface area contributed by atoms with E-state index in [9.17, 15) is 52.7 Å². The maximum absolute atomic E-state index is 15.4. The van der Waals surface area contributed by atoms with Crippen LogP contribution in [0.3, 0.4) is 0 Å². The normalized spacial score (nSPS) is 11.7. The van der Waals surface area contributed by atoms with E-state index < -0.39 is 144 Å². The summed E-state index contributed by atoms with van der Waals surface area (Å²) < 4.78 is 300. The molecule has 0 aliphatic heterocycles. The van der Waals surface area contributed by atoms with Gasteiger partial charge in [-0.25, -0.2) is 87.8 Å². The van der Waals surface area contributed by atoms with Crippen LogP contribution < -0.4 is 26.6 Å². The smallest absolute Gasteiger partial charge is 0.200 e. The van der Waals surface area contributed by atoms with E-state index in [2.05, 4.69) is 46.6 Å². The van der Waals surface area contributed by atoms with Gasteiger partial charge in [0.1, 0.15) is 65.2 Å². The van der Waals surface area contributed by atoms with Gasteiger partial charge in [0.25, 0.3) is 0 Å². The molecule has 0 amide bonds. The van der Waals surface area contributed by atoms with E-state index >= 15 is 35.1 Å². The molecule has 24 heteroatoms. The van der Waals surface area contributed by atoms with Crippen molar-refractivity contribution in [2.45, 2.75) is 11.3 Å². The fraction of sp³-hybridized carbons (Fsp3) is 0.143. The Hall–Kier alpha value is -4.61. The Labute approximate surface area is 329 Å². The zero-order valence-electron chi connectivity index (χ0n) is 28.8. The van der Waals surface area contributed by atoms with E-state index in [1.165, 1.54) is 4.90 Å². The Kier molecular flexibility index (Phi) is 14.3. The SMILES string of the molecule is C[S+](C)c1ccccc1OCCCBr.Fc1c(F)c(F)c([B-](c2c(F)c(F)c(F)c(F)c2F)(c2c(F)c(F)c(F)c(F)c2F)c2c(F)c(F)c(F)c(F)c2F)c(F)c1F. The highest BCUT2D eigenvalue weighted by atomic mass is 79.9. The molecule has 5 aromatic carbocycles. The third-order valence-electron chi connectivity index (χ3n) is 8.53. The standard InChI is InChI=1S/C24BF20.C11H16BrOS/c26-5-1(6(27)14(35)21(42)13(5)34)25(2-7(28)15(36)22(43)16(37)8(2)29,3-9(30)17(38)23(44)18(39)10(3)31)4-11(32)19(40)24(45)20(41)12(4)33;1-14(2)11-7-4-3-6-10(11)13-9-5-8-12/h;3-4,6-7H,5,8-9H2,1-2H3/q-1;+1. The maximum atomic E-state index is 15.4. The lowest BCUT2D eigenvalue weighted by Gasteiger charge is -2.44. The number of benzene rings is 5. The molecule has 0 aliphatic carbocycles. The van der Waals surface area contributed by atoms with E-state index in [1.54, 1.807) is 0 Å². The summed E-state index contributed by atoms with van der Waals surface area (Å²) in [4.78, 5) is 1.32. The van der Waals surface area contributed by atoms with Crippen LogP contribution in [-0.2, 0) is 10.9 Å². The minimum Gasteiger partial charge on any atom is -0.488 e. The Morgan fingerprint density at radius 2 is 0.644 bits per heavy atom. The van der Waals surface area contributed by atoms with Crippen molar-refractivity contribution in [3.63, 3.8) is 0 Å². The third-order valence-corrected chi connectivity index (χ3v) is 10.3. The predicted molar refractivity (Wildman–Crippen MR) is 177 cm³/mol. The summed E-state index contributed by atoms with van der Waals surface area (Å²) in [6.07, 6.45) is -1.74. The first-order valence-electron chi connectivity index (χ1n) is 15.5. The van der Waals surface area contributed by atoms with Crippen molar-refractivity contribution in [1.29, 1.82) is 0 Å².